The Kier molecular flexibility index (Phi) is 2.87. The first-order valence-electron chi connectivity index (χ1n) is 4.62. The van der Waals surface area contributed by atoms with Gasteiger partial charge in [0.15, 0.2) is 11.0 Å². The van der Waals surface area contributed by atoms with Gasteiger partial charge in [-0.05, 0) is 24.6 Å². The molecule has 6 heteroatoms. The summed E-state index contributed by atoms with van der Waals surface area (Å²) in [5, 5.41) is 3.21. The minimum atomic E-state index is 0.227. The number of rotatable bonds is 2. The summed E-state index contributed by atoms with van der Waals surface area (Å²) in [6.07, 6.45) is 3.05. The van der Waals surface area contributed by atoms with E-state index >= 15 is 0 Å². The van der Waals surface area contributed by atoms with Crippen LogP contribution in [0.4, 0.5) is 17.3 Å². The average molecular weight is 236 g/mol. The highest BCUT2D eigenvalue weighted by Crippen LogP contribution is 2.24. The third-order valence-corrected chi connectivity index (χ3v) is 2.30. The first kappa shape index (κ1) is 10.6. The highest BCUT2D eigenvalue weighted by molar-refractivity contribution is 6.32. The summed E-state index contributed by atoms with van der Waals surface area (Å²) in [5.41, 5.74) is 7.13. The molecule has 0 amide bonds. The molecule has 0 radical (unpaired) electrons. The molecule has 16 heavy (non-hydrogen) atoms. The molecule has 0 fully saturated rings. The molecule has 0 saturated heterocycles. The van der Waals surface area contributed by atoms with E-state index < -0.39 is 0 Å². The first-order valence-corrected chi connectivity index (χ1v) is 5.00. The monoisotopic (exact) mass is 235 g/mol. The van der Waals surface area contributed by atoms with Gasteiger partial charge in [0.2, 0.25) is 0 Å². The zero-order chi connectivity index (χ0) is 11.5. The van der Waals surface area contributed by atoms with Crippen LogP contribution in [0.15, 0.2) is 24.7 Å². The summed E-state index contributed by atoms with van der Waals surface area (Å²) in [5.74, 6) is 1.12. The second kappa shape index (κ2) is 4.32. The van der Waals surface area contributed by atoms with Crippen molar-refractivity contribution in [3.05, 3.63) is 35.4 Å². The molecule has 0 atom stereocenters. The summed E-state index contributed by atoms with van der Waals surface area (Å²) < 4.78 is 0. The minimum Gasteiger partial charge on any atom is -0.393 e. The summed E-state index contributed by atoms with van der Waals surface area (Å²) in [4.78, 5) is 11.9. The van der Waals surface area contributed by atoms with E-state index in [2.05, 4.69) is 20.3 Å². The molecule has 0 bridgehead atoms. The number of aryl methyl sites for hydroxylation is 1. The molecule has 0 saturated carbocycles. The van der Waals surface area contributed by atoms with Crippen molar-refractivity contribution < 1.29 is 0 Å². The van der Waals surface area contributed by atoms with Gasteiger partial charge in [0.25, 0.3) is 0 Å². The molecule has 5 nitrogen and oxygen atoms in total. The maximum absolute atomic E-state index is 5.77. The van der Waals surface area contributed by atoms with Crippen molar-refractivity contribution in [2.75, 3.05) is 11.1 Å². The molecule has 2 heterocycles. The Morgan fingerprint density at radius 2 is 2.12 bits per heavy atom. The Hall–Kier alpha value is -1.88. The fourth-order valence-corrected chi connectivity index (χ4v) is 1.33. The summed E-state index contributed by atoms with van der Waals surface area (Å²) >= 11 is 5.77. The molecule has 0 unspecified atom stereocenters. The Morgan fingerprint density at radius 3 is 2.88 bits per heavy atom. The number of nitrogens with one attached hydrogen (secondary N) is 1. The zero-order valence-electron chi connectivity index (χ0n) is 8.61. The third kappa shape index (κ3) is 2.20. The van der Waals surface area contributed by atoms with Gasteiger partial charge in [-0.1, -0.05) is 11.6 Å². The molecule has 2 aromatic heterocycles. The maximum atomic E-state index is 5.77. The Morgan fingerprint density at radius 1 is 1.31 bits per heavy atom. The number of nitrogen functional groups attached to an aromatic ring is 1. The van der Waals surface area contributed by atoms with Gasteiger partial charge in [-0.25, -0.2) is 15.0 Å². The van der Waals surface area contributed by atoms with E-state index in [1.54, 1.807) is 6.20 Å². The van der Waals surface area contributed by atoms with Crippen molar-refractivity contribution >= 4 is 28.9 Å². The normalized spacial score (nSPS) is 10.1. The van der Waals surface area contributed by atoms with Crippen molar-refractivity contribution in [1.82, 2.24) is 15.0 Å². The Labute approximate surface area is 97.7 Å². The lowest BCUT2D eigenvalue weighted by molar-refractivity contribution is 1.16. The number of hydrogen-bond donors (Lipinski definition) is 2. The summed E-state index contributed by atoms with van der Waals surface area (Å²) in [6.45, 7) is 1.98. The summed E-state index contributed by atoms with van der Waals surface area (Å²) in [6, 6.07) is 3.79. The third-order valence-electron chi connectivity index (χ3n) is 2.00. The van der Waals surface area contributed by atoms with E-state index in [1.807, 2.05) is 19.1 Å². The van der Waals surface area contributed by atoms with Crippen LogP contribution in [0.1, 0.15) is 5.56 Å². The number of aromatic nitrogens is 3. The molecule has 2 aromatic rings. The number of nitrogens with two attached hydrogens (primary N) is 1. The quantitative estimate of drug-likeness (QED) is 0.780. The van der Waals surface area contributed by atoms with E-state index in [-0.39, 0.29) is 5.15 Å². The second-order valence-corrected chi connectivity index (χ2v) is 3.63. The van der Waals surface area contributed by atoms with E-state index in [9.17, 15) is 0 Å². The molecule has 3 N–H and O–H groups in total. The molecule has 2 rings (SSSR count). The van der Waals surface area contributed by atoms with Crippen LogP contribution < -0.4 is 11.1 Å². The molecule has 0 spiro atoms. The average Bonchev–Trinajstić information content (AvgIpc) is 2.25. The zero-order valence-corrected chi connectivity index (χ0v) is 9.36. The maximum Gasteiger partial charge on any atom is 0.159 e. The van der Waals surface area contributed by atoms with Crippen molar-refractivity contribution in [3.8, 4) is 0 Å². The van der Waals surface area contributed by atoms with E-state index in [1.165, 1.54) is 6.33 Å². The highest BCUT2D eigenvalue weighted by atomic mass is 35.5. The topological polar surface area (TPSA) is 76.7 Å². The van der Waals surface area contributed by atoms with Gasteiger partial charge >= 0.3 is 0 Å². The largest absolute Gasteiger partial charge is 0.393 e. The smallest absolute Gasteiger partial charge is 0.159 e. The van der Waals surface area contributed by atoms with Gasteiger partial charge in [0, 0.05) is 6.20 Å². The molecular formula is C10H10ClN5. The predicted molar refractivity (Wildman–Crippen MR) is 63.7 cm³/mol. The fraction of sp³-hybridized carbons (Fsp3) is 0.100. The standard InChI is InChI=1S/C10H10ClN5/c1-6-2-3-13-7(4-6)16-10-8(12)9(11)14-5-15-10/h2-5H,12H2,1H3,(H,13,14,15,16). The van der Waals surface area contributed by atoms with Crippen molar-refractivity contribution in [2.45, 2.75) is 6.92 Å². The van der Waals surface area contributed by atoms with Gasteiger partial charge in [-0.2, -0.15) is 0 Å². The van der Waals surface area contributed by atoms with Gasteiger partial charge in [-0.3, -0.25) is 0 Å². The number of anilines is 3. The van der Waals surface area contributed by atoms with Crippen LogP contribution in [0.5, 0.6) is 0 Å². The van der Waals surface area contributed by atoms with Crippen LogP contribution in [0.3, 0.4) is 0 Å². The van der Waals surface area contributed by atoms with Crippen LogP contribution >= 0.6 is 11.6 Å². The Bertz CT molecular complexity index is 514. The molecule has 82 valence electrons. The summed E-state index contributed by atoms with van der Waals surface area (Å²) in [7, 11) is 0. The van der Waals surface area contributed by atoms with E-state index in [4.69, 9.17) is 17.3 Å². The van der Waals surface area contributed by atoms with Crippen LogP contribution in [0, 0.1) is 6.92 Å². The van der Waals surface area contributed by atoms with Gasteiger partial charge in [0.05, 0.1) is 0 Å². The van der Waals surface area contributed by atoms with Crippen LogP contribution in [-0.4, -0.2) is 15.0 Å². The fourth-order valence-electron chi connectivity index (χ4n) is 1.20. The Balaban J connectivity index is 2.31. The SMILES string of the molecule is Cc1ccnc(Nc2ncnc(Cl)c2N)c1. The van der Waals surface area contributed by atoms with E-state index in [0.29, 0.717) is 17.3 Å². The first-order chi connectivity index (χ1) is 7.66. The molecular weight excluding hydrogens is 226 g/mol. The number of pyridine rings is 1. The van der Waals surface area contributed by atoms with Crippen LogP contribution in [-0.2, 0) is 0 Å². The van der Waals surface area contributed by atoms with Crippen LogP contribution in [0.2, 0.25) is 5.15 Å². The lowest BCUT2D eigenvalue weighted by atomic mass is 10.3. The predicted octanol–water partition coefficient (Wildman–Crippen LogP) is 2.16. The number of nitrogens with zero attached hydrogens (tertiary/aromatic N) is 3. The lowest BCUT2D eigenvalue weighted by Crippen LogP contribution is -2.02. The molecule has 0 aliphatic heterocycles. The van der Waals surface area contributed by atoms with Gasteiger partial charge in [0.1, 0.15) is 17.8 Å². The number of hydrogen-bond acceptors (Lipinski definition) is 5. The molecule has 0 aliphatic rings. The molecule has 0 aromatic carbocycles. The van der Waals surface area contributed by atoms with Crippen molar-refractivity contribution in [1.29, 1.82) is 0 Å². The van der Waals surface area contributed by atoms with Crippen molar-refractivity contribution in [2.24, 2.45) is 0 Å². The van der Waals surface area contributed by atoms with E-state index in [0.717, 1.165) is 5.56 Å². The second-order valence-electron chi connectivity index (χ2n) is 3.27. The van der Waals surface area contributed by atoms with Gasteiger partial charge < -0.3 is 11.1 Å². The minimum absolute atomic E-state index is 0.227. The van der Waals surface area contributed by atoms with Crippen LogP contribution in [0.25, 0.3) is 0 Å². The van der Waals surface area contributed by atoms with Crippen molar-refractivity contribution in [3.63, 3.8) is 0 Å². The number of halogens is 1. The van der Waals surface area contributed by atoms with Gasteiger partial charge in [-0.15, -0.1) is 0 Å². The highest BCUT2D eigenvalue weighted by Gasteiger charge is 2.06. The molecule has 0 aliphatic carbocycles. The lowest BCUT2D eigenvalue weighted by Gasteiger charge is -2.07.